The molecular formula is C21H18FN3O3. The van der Waals surface area contributed by atoms with Crippen molar-refractivity contribution in [3.8, 4) is 11.8 Å². The molecule has 0 fully saturated rings. The van der Waals surface area contributed by atoms with Crippen molar-refractivity contribution < 1.29 is 19.0 Å². The monoisotopic (exact) mass is 379 g/mol. The number of hydrogen-bond acceptors (Lipinski definition) is 5. The second kappa shape index (κ2) is 8.82. The number of nitrogens with zero attached hydrogens (tertiary/aromatic N) is 3. The molecule has 0 unspecified atom stereocenters. The van der Waals surface area contributed by atoms with Crippen LogP contribution in [0, 0.1) is 17.1 Å². The van der Waals surface area contributed by atoms with Crippen LogP contribution in [-0.4, -0.2) is 20.6 Å². The van der Waals surface area contributed by atoms with Gasteiger partial charge in [-0.1, -0.05) is 18.2 Å². The number of imidazole rings is 1. The summed E-state index contributed by atoms with van der Waals surface area (Å²) in [6, 6.07) is 12.9. The molecule has 0 amide bonds. The lowest BCUT2D eigenvalue weighted by Gasteiger charge is -2.10. The van der Waals surface area contributed by atoms with Gasteiger partial charge >= 0.3 is 5.97 Å². The zero-order valence-electron chi connectivity index (χ0n) is 15.0. The lowest BCUT2D eigenvalue weighted by atomic mass is 10.1. The van der Waals surface area contributed by atoms with E-state index in [1.165, 1.54) is 12.1 Å². The molecule has 142 valence electrons. The number of aromatic hydroxyl groups is 1. The fourth-order valence-electron chi connectivity index (χ4n) is 2.74. The van der Waals surface area contributed by atoms with Crippen LogP contribution >= 0.6 is 0 Å². The van der Waals surface area contributed by atoms with Crippen molar-refractivity contribution in [3.05, 3.63) is 83.2 Å². The van der Waals surface area contributed by atoms with Crippen LogP contribution in [0.25, 0.3) is 0 Å². The Labute approximate surface area is 161 Å². The molecule has 28 heavy (non-hydrogen) atoms. The van der Waals surface area contributed by atoms with Crippen molar-refractivity contribution in [1.82, 2.24) is 9.55 Å². The molecule has 6 nitrogen and oxygen atoms in total. The summed E-state index contributed by atoms with van der Waals surface area (Å²) in [7, 11) is 0. The van der Waals surface area contributed by atoms with E-state index < -0.39 is 5.82 Å². The van der Waals surface area contributed by atoms with Crippen molar-refractivity contribution in [3.63, 3.8) is 0 Å². The molecule has 0 spiro atoms. The average Bonchev–Trinajstić information content (AvgIpc) is 3.12. The van der Waals surface area contributed by atoms with Crippen LogP contribution in [-0.2, 0) is 29.1 Å². The molecular weight excluding hydrogens is 361 g/mol. The molecule has 1 N–H and O–H groups in total. The first kappa shape index (κ1) is 19.1. The smallest absolute Gasteiger partial charge is 0.306 e. The topological polar surface area (TPSA) is 88.1 Å². The number of benzene rings is 2. The largest absolute Gasteiger partial charge is 0.508 e. The van der Waals surface area contributed by atoms with Crippen molar-refractivity contribution in [1.29, 1.82) is 5.26 Å². The van der Waals surface area contributed by atoms with Gasteiger partial charge in [0.2, 0.25) is 0 Å². The molecule has 1 aromatic heterocycles. The zero-order chi connectivity index (χ0) is 19.9. The Balaban J connectivity index is 1.54. The van der Waals surface area contributed by atoms with Crippen LogP contribution in [0.15, 0.2) is 55.0 Å². The van der Waals surface area contributed by atoms with E-state index in [2.05, 4.69) is 4.98 Å². The molecule has 0 aliphatic heterocycles. The van der Waals surface area contributed by atoms with Crippen LogP contribution in [0.4, 0.5) is 4.39 Å². The third kappa shape index (κ3) is 4.95. The van der Waals surface area contributed by atoms with Gasteiger partial charge < -0.3 is 14.4 Å². The molecule has 0 saturated heterocycles. The molecule has 2 aromatic carbocycles. The minimum absolute atomic E-state index is 0.00438. The lowest BCUT2D eigenvalue weighted by molar-refractivity contribution is -0.145. The summed E-state index contributed by atoms with van der Waals surface area (Å²) in [5, 5.41) is 18.2. The van der Waals surface area contributed by atoms with E-state index in [-0.39, 0.29) is 30.3 Å². The summed E-state index contributed by atoms with van der Waals surface area (Å²) in [5.74, 6) is -0.769. The minimum atomic E-state index is -0.569. The summed E-state index contributed by atoms with van der Waals surface area (Å²) < 4.78 is 20.8. The molecule has 0 saturated carbocycles. The fraction of sp³-hybridized carbons (Fsp3) is 0.190. The van der Waals surface area contributed by atoms with E-state index in [0.29, 0.717) is 24.2 Å². The van der Waals surface area contributed by atoms with Crippen LogP contribution in [0.1, 0.15) is 28.8 Å². The standard InChI is InChI=1S/C21H18FN3O3/c22-20-9-16(4-6-17(20)10-23)12-25-14-24-11-18(25)13-28-21(27)7-5-15-2-1-3-19(26)8-15/h1-4,6,8-9,11,14,26H,5,7,12-13H2. The van der Waals surface area contributed by atoms with Gasteiger partial charge in [0.1, 0.15) is 24.2 Å². The van der Waals surface area contributed by atoms with E-state index in [1.807, 2.05) is 6.07 Å². The second-order valence-corrected chi connectivity index (χ2v) is 6.27. The van der Waals surface area contributed by atoms with Crippen molar-refractivity contribution in [2.75, 3.05) is 0 Å². The van der Waals surface area contributed by atoms with Gasteiger partial charge in [-0.05, 0) is 41.8 Å². The van der Waals surface area contributed by atoms with Gasteiger partial charge in [-0.2, -0.15) is 5.26 Å². The van der Waals surface area contributed by atoms with E-state index >= 15 is 0 Å². The first-order valence-electron chi connectivity index (χ1n) is 8.66. The SMILES string of the molecule is N#Cc1ccc(Cn2cncc2COC(=O)CCc2cccc(O)c2)cc1F. The number of phenolic OH excluding ortho intramolecular Hbond substituents is 1. The van der Waals surface area contributed by atoms with Gasteiger partial charge in [-0.25, -0.2) is 9.37 Å². The highest BCUT2D eigenvalue weighted by molar-refractivity contribution is 5.69. The number of carbonyl (C=O) groups excluding carboxylic acids is 1. The van der Waals surface area contributed by atoms with Gasteiger partial charge in [0.05, 0.1) is 23.8 Å². The van der Waals surface area contributed by atoms with Crippen molar-refractivity contribution >= 4 is 5.97 Å². The molecule has 0 aliphatic rings. The van der Waals surface area contributed by atoms with E-state index in [1.54, 1.807) is 47.4 Å². The van der Waals surface area contributed by atoms with Crippen molar-refractivity contribution in [2.24, 2.45) is 0 Å². The predicted octanol–water partition coefficient (Wildman–Crippen LogP) is 3.32. The summed E-state index contributed by atoms with van der Waals surface area (Å²) in [5.41, 5.74) is 2.20. The number of phenols is 1. The molecule has 1 heterocycles. The van der Waals surface area contributed by atoms with Crippen LogP contribution in [0.5, 0.6) is 5.75 Å². The maximum atomic E-state index is 13.8. The number of ether oxygens (including phenoxy) is 1. The molecule has 7 heteroatoms. The number of esters is 1. The quantitative estimate of drug-likeness (QED) is 0.636. The maximum absolute atomic E-state index is 13.8. The number of halogens is 1. The Morgan fingerprint density at radius 3 is 2.86 bits per heavy atom. The molecule has 0 aliphatic carbocycles. The summed E-state index contributed by atoms with van der Waals surface area (Å²) in [6.45, 7) is 0.399. The first-order valence-corrected chi connectivity index (χ1v) is 8.66. The van der Waals surface area contributed by atoms with Gasteiger partial charge in [0.15, 0.2) is 0 Å². The van der Waals surface area contributed by atoms with E-state index in [0.717, 1.165) is 5.56 Å². The molecule has 0 atom stereocenters. The number of carbonyl (C=O) groups is 1. The third-order valence-electron chi connectivity index (χ3n) is 4.21. The van der Waals surface area contributed by atoms with E-state index in [4.69, 9.17) is 10.00 Å². The Morgan fingerprint density at radius 2 is 2.11 bits per heavy atom. The molecule has 0 radical (unpaired) electrons. The summed E-state index contributed by atoms with van der Waals surface area (Å²) in [6.07, 6.45) is 3.82. The number of nitriles is 1. The Bertz CT molecular complexity index is 1020. The second-order valence-electron chi connectivity index (χ2n) is 6.27. The molecule has 0 bridgehead atoms. The summed E-state index contributed by atoms with van der Waals surface area (Å²) in [4.78, 5) is 16.0. The van der Waals surface area contributed by atoms with Crippen LogP contribution in [0.3, 0.4) is 0 Å². The summed E-state index contributed by atoms with van der Waals surface area (Å²) >= 11 is 0. The average molecular weight is 379 g/mol. The molecule has 3 aromatic rings. The van der Waals surface area contributed by atoms with Crippen LogP contribution < -0.4 is 0 Å². The van der Waals surface area contributed by atoms with Gasteiger partial charge in [0, 0.05) is 13.0 Å². The maximum Gasteiger partial charge on any atom is 0.306 e. The Kier molecular flexibility index (Phi) is 6.02. The predicted molar refractivity (Wildman–Crippen MR) is 98.7 cm³/mol. The third-order valence-corrected chi connectivity index (χ3v) is 4.21. The van der Waals surface area contributed by atoms with E-state index in [9.17, 15) is 14.3 Å². The van der Waals surface area contributed by atoms with Crippen LogP contribution in [0.2, 0.25) is 0 Å². The normalized spacial score (nSPS) is 10.4. The van der Waals surface area contributed by atoms with Crippen molar-refractivity contribution in [2.45, 2.75) is 26.0 Å². The number of rotatable bonds is 7. The van der Waals surface area contributed by atoms with Gasteiger partial charge in [0.25, 0.3) is 0 Å². The highest BCUT2D eigenvalue weighted by Crippen LogP contribution is 2.14. The highest BCUT2D eigenvalue weighted by atomic mass is 19.1. The Morgan fingerprint density at radius 1 is 1.25 bits per heavy atom. The number of aromatic nitrogens is 2. The zero-order valence-corrected chi connectivity index (χ0v) is 15.0. The number of aryl methyl sites for hydroxylation is 1. The minimum Gasteiger partial charge on any atom is -0.508 e. The van der Waals surface area contributed by atoms with Gasteiger partial charge in [-0.15, -0.1) is 0 Å². The Hall–Kier alpha value is -3.66. The fourth-order valence-corrected chi connectivity index (χ4v) is 2.74. The number of hydrogen-bond donors (Lipinski definition) is 1. The lowest BCUT2D eigenvalue weighted by Crippen LogP contribution is -2.10. The van der Waals surface area contributed by atoms with Gasteiger partial charge in [-0.3, -0.25) is 4.79 Å². The molecule has 3 rings (SSSR count). The highest BCUT2D eigenvalue weighted by Gasteiger charge is 2.10. The first-order chi connectivity index (χ1) is 13.5.